The minimum atomic E-state index is 0.391. The highest BCUT2D eigenvalue weighted by Crippen LogP contribution is 2.15. The minimum absolute atomic E-state index is 0.391. The van der Waals surface area contributed by atoms with E-state index in [1.54, 1.807) is 17.0 Å². The van der Waals surface area contributed by atoms with E-state index in [2.05, 4.69) is 27.6 Å². The van der Waals surface area contributed by atoms with Gasteiger partial charge in [-0.1, -0.05) is 6.08 Å². The predicted octanol–water partition coefficient (Wildman–Crippen LogP) is 1.39. The van der Waals surface area contributed by atoms with Gasteiger partial charge in [0, 0.05) is 6.20 Å². The van der Waals surface area contributed by atoms with E-state index in [1.807, 2.05) is 0 Å². The van der Waals surface area contributed by atoms with E-state index in [0.29, 0.717) is 19.2 Å². The van der Waals surface area contributed by atoms with Crippen LogP contribution in [0.15, 0.2) is 23.3 Å². The highest BCUT2D eigenvalue weighted by atomic mass is 79.9. The van der Waals surface area contributed by atoms with Crippen molar-refractivity contribution in [2.45, 2.75) is 6.73 Å². The Labute approximate surface area is 79.1 Å². The van der Waals surface area contributed by atoms with E-state index in [4.69, 9.17) is 10.5 Å². The summed E-state index contributed by atoms with van der Waals surface area (Å²) in [7, 11) is 0. The van der Waals surface area contributed by atoms with Crippen LogP contribution >= 0.6 is 15.9 Å². The summed E-state index contributed by atoms with van der Waals surface area (Å²) in [5.41, 5.74) is 5.49. The fourth-order valence-electron chi connectivity index (χ4n) is 0.708. The molecule has 4 nitrogen and oxygen atoms in total. The van der Waals surface area contributed by atoms with Crippen LogP contribution in [0.3, 0.4) is 0 Å². The van der Waals surface area contributed by atoms with Crippen LogP contribution < -0.4 is 5.73 Å². The molecule has 0 aliphatic heterocycles. The number of nitrogens with zero attached hydrogens (tertiary/aromatic N) is 2. The van der Waals surface area contributed by atoms with E-state index in [9.17, 15) is 0 Å². The molecule has 0 spiro atoms. The summed E-state index contributed by atoms with van der Waals surface area (Å²) in [5.74, 6) is 0.470. The van der Waals surface area contributed by atoms with Crippen LogP contribution in [0.25, 0.3) is 0 Å². The van der Waals surface area contributed by atoms with Crippen molar-refractivity contribution in [3.05, 3.63) is 23.3 Å². The maximum atomic E-state index is 5.49. The summed E-state index contributed by atoms with van der Waals surface area (Å²) in [4.78, 5) is 0. The number of rotatable bonds is 4. The average molecular weight is 232 g/mol. The summed E-state index contributed by atoms with van der Waals surface area (Å²) >= 11 is 3.24. The number of nitrogens with two attached hydrogens (primary N) is 1. The summed E-state index contributed by atoms with van der Waals surface area (Å²) in [6, 6.07) is 0. The van der Waals surface area contributed by atoms with Gasteiger partial charge in [-0.2, -0.15) is 5.10 Å². The van der Waals surface area contributed by atoms with Gasteiger partial charge in [0.2, 0.25) is 0 Å². The second-order valence-electron chi connectivity index (χ2n) is 2.19. The summed E-state index contributed by atoms with van der Waals surface area (Å²) in [6.07, 6.45) is 3.44. The van der Waals surface area contributed by atoms with Crippen molar-refractivity contribution in [1.82, 2.24) is 9.78 Å². The minimum Gasteiger partial charge on any atom is -0.381 e. The quantitative estimate of drug-likeness (QED) is 0.630. The summed E-state index contributed by atoms with van der Waals surface area (Å²) < 4.78 is 7.54. The van der Waals surface area contributed by atoms with E-state index >= 15 is 0 Å². The third-order valence-electron chi connectivity index (χ3n) is 1.20. The Balaban J connectivity index is 2.47. The molecular formula is C7H10BrN3O. The number of hydrogen-bond donors (Lipinski definition) is 1. The van der Waals surface area contributed by atoms with Crippen molar-refractivity contribution in [2.24, 2.45) is 0 Å². The maximum absolute atomic E-state index is 5.49. The van der Waals surface area contributed by atoms with Crippen LogP contribution in [0.5, 0.6) is 0 Å². The number of halogens is 1. The molecule has 1 aromatic heterocycles. The lowest BCUT2D eigenvalue weighted by Gasteiger charge is -1.99. The van der Waals surface area contributed by atoms with Crippen molar-refractivity contribution < 1.29 is 4.74 Å². The second kappa shape index (κ2) is 4.27. The largest absolute Gasteiger partial charge is 0.381 e. The molecule has 1 heterocycles. The zero-order chi connectivity index (χ0) is 8.97. The molecule has 0 aliphatic carbocycles. The first-order valence-corrected chi connectivity index (χ1v) is 4.20. The Hall–Kier alpha value is -0.810. The molecular weight excluding hydrogens is 222 g/mol. The van der Waals surface area contributed by atoms with Gasteiger partial charge in [-0.05, 0) is 15.9 Å². The molecule has 1 rings (SSSR count). The molecule has 0 saturated carbocycles. The molecule has 0 saturated heterocycles. The summed E-state index contributed by atoms with van der Waals surface area (Å²) in [5, 5.41) is 3.97. The van der Waals surface area contributed by atoms with Gasteiger partial charge in [0.25, 0.3) is 0 Å². The van der Waals surface area contributed by atoms with Gasteiger partial charge >= 0.3 is 0 Å². The zero-order valence-electron chi connectivity index (χ0n) is 6.53. The van der Waals surface area contributed by atoms with E-state index in [1.165, 1.54) is 0 Å². The molecule has 0 atom stereocenters. The van der Waals surface area contributed by atoms with Crippen molar-refractivity contribution >= 4 is 21.7 Å². The van der Waals surface area contributed by atoms with E-state index in [-0.39, 0.29) is 0 Å². The number of aromatic nitrogens is 2. The molecule has 0 aromatic carbocycles. The third-order valence-corrected chi connectivity index (χ3v) is 1.81. The lowest BCUT2D eigenvalue weighted by molar-refractivity contribution is 0.0913. The first kappa shape index (κ1) is 9.28. The van der Waals surface area contributed by atoms with Crippen molar-refractivity contribution in [2.75, 3.05) is 12.3 Å². The fourth-order valence-corrected chi connectivity index (χ4v) is 1.02. The molecule has 12 heavy (non-hydrogen) atoms. The predicted molar refractivity (Wildman–Crippen MR) is 50.5 cm³/mol. The first-order valence-electron chi connectivity index (χ1n) is 3.41. The monoisotopic (exact) mass is 231 g/mol. The zero-order valence-corrected chi connectivity index (χ0v) is 8.12. The van der Waals surface area contributed by atoms with Gasteiger partial charge in [-0.3, -0.25) is 0 Å². The van der Waals surface area contributed by atoms with Crippen LogP contribution in [0.1, 0.15) is 0 Å². The van der Waals surface area contributed by atoms with Crippen molar-refractivity contribution in [3.8, 4) is 0 Å². The fraction of sp³-hybridized carbons (Fsp3) is 0.286. The van der Waals surface area contributed by atoms with Gasteiger partial charge in [0.1, 0.15) is 6.73 Å². The molecule has 2 N–H and O–H groups in total. The standard InChI is InChI=1S/C7H10BrN3O/c1-2-3-12-5-11-4-6(8)7(9)10-11/h2,4H,1,3,5H2,(H2,9,10). The van der Waals surface area contributed by atoms with Gasteiger partial charge in [0.15, 0.2) is 5.82 Å². The lowest BCUT2D eigenvalue weighted by Crippen LogP contribution is -2.03. The van der Waals surface area contributed by atoms with Crippen molar-refractivity contribution in [1.29, 1.82) is 0 Å². The van der Waals surface area contributed by atoms with E-state index < -0.39 is 0 Å². The molecule has 0 bridgehead atoms. The number of nitrogen functional groups attached to an aromatic ring is 1. The molecule has 5 heteroatoms. The van der Waals surface area contributed by atoms with Crippen molar-refractivity contribution in [3.63, 3.8) is 0 Å². The topological polar surface area (TPSA) is 53.1 Å². The molecule has 0 unspecified atom stereocenters. The van der Waals surface area contributed by atoms with Crippen LogP contribution in [-0.4, -0.2) is 16.4 Å². The van der Waals surface area contributed by atoms with Gasteiger partial charge < -0.3 is 10.5 Å². The van der Waals surface area contributed by atoms with Crippen LogP contribution in [-0.2, 0) is 11.5 Å². The van der Waals surface area contributed by atoms with Crippen LogP contribution in [0.4, 0.5) is 5.82 Å². The van der Waals surface area contributed by atoms with E-state index in [0.717, 1.165) is 4.47 Å². The third kappa shape index (κ3) is 2.35. The SMILES string of the molecule is C=CCOCn1cc(Br)c(N)n1. The number of hydrogen-bond acceptors (Lipinski definition) is 3. The smallest absolute Gasteiger partial charge is 0.159 e. The summed E-state index contributed by atoms with van der Waals surface area (Å²) in [6.45, 7) is 4.43. The molecule has 0 fully saturated rings. The highest BCUT2D eigenvalue weighted by Gasteiger charge is 2.00. The molecule has 0 radical (unpaired) electrons. The Morgan fingerprint density at radius 2 is 2.58 bits per heavy atom. The van der Waals surface area contributed by atoms with Gasteiger partial charge in [0.05, 0.1) is 11.1 Å². The van der Waals surface area contributed by atoms with Crippen LogP contribution in [0.2, 0.25) is 0 Å². The maximum Gasteiger partial charge on any atom is 0.159 e. The molecule has 0 amide bonds. The highest BCUT2D eigenvalue weighted by molar-refractivity contribution is 9.10. The van der Waals surface area contributed by atoms with Crippen LogP contribution in [0, 0.1) is 0 Å². The Kier molecular flexibility index (Phi) is 3.31. The Morgan fingerprint density at radius 1 is 1.83 bits per heavy atom. The average Bonchev–Trinajstić information content (AvgIpc) is 2.32. The van der Waals surface area contributed by atoms with Gasteiger partial charge in [-0.15, -0.1) is 6.58 Å². The first-order chi connectivity index (χ1) is 5.74. The van der Waals surface area contributed by atoms with Gasteiger partial charge in [-0.25, -0.2) is 4.68 Å². The Morgan fingerprint density at radius 3 is 3.08 bits per heavy atom. The molecule has 1 aromatic rings. The number of anilines is 1. The Bertz CT molecular complexity index is 252. The number of ether oxygens (including phenoxy) is 1. The second-order valence-corrected chi connectivity index (χ2v) is 3.04. The molecule has 66 valence electrons. The molecule has 0 aliphatic rings. The lowest BCUT2D eigenvalue weighted by atomic mass is 10.7. The normalized spacial score (nSPS) is 10.1.